The molecule has 0 unspecified atom stereocenters. The van der Waals surface area contributed by atoms with Crippen LogP contribution in [0.5, 0.6) is 0 Å². The number of amides is 1. The zero-order valence-corrected chi connectivity index (χ0v) is 13.9. The lowest BCUT2D eigenvalue weighted by Gasteiger charge is -2.42. The van der Waals surface area contributed by atoms with E-state index in [4.69, 9.17) is 9.47 Å². The molecule has 0 spiro atoms. The van der Waals surface area contributed by atoms with Gasteiger partial charge in [0.05, 0.1) is 13.2 Å². The number of rotatable bonds is 5. The monoisotopic (exact) mass is 298 g/mol. The highest BCUT2D eigenvalue weighted by molar-refractivity contribution is 5.67. The van der Waals surface area contributed by atoms with Crippen LogP contribution >= 0.6 is 0 Å². The van der Waals surface area contributed by atoms with Crippen molar-refractivity contribution < 1.29 is 14.3 Å². The molecule has 2 rings (SSSR count). The number of ether oxygens (including phenoxy) is 2. The Hall–Kier alpha value is -0.810. The van der Waals surface area contributed by atoms with Crippen LogP contribution in [0.4, 0.5) is 4.79 Å². The first kappa shape index (κ1) is 16.6. The molecule has 0 atom stereocenters. The molecule has 0 aromatic carbocycles. The lowest BCUT2D eigenvalue weighted by Crippen LogP contribution is -2.57. The maximum atomic E-state index is 11.8. The predicted molar refractivity (Wildman–Crippen MR) is 82.4 cm³/mol. The van der Waals surface area contributed by atoms with Crippen LogP contribution in [0.2, 0.25) is 0 Å². The molecule has 5 heteroatoms. The van der Waals surface area contributed by atoms with Crippen molar-refractivity contribution in [2.45, 2.75) is 64.5 Å². The van der Waals surface area contributed by atoms with Crippen LogP contribution in [-0.2, 0) is 9.47 Å². The quantitative estimate of drug-likeness (QED) is 0.818. The molecular formula is C16H30N2O3. The van der Waals surface area contributed by atoms with Gasteiger partial charge in [0.25, 0.3) is 0 Å². The molecule has 1 aliphatic carbocycles. The molecule has 0 bridgehead atoms. The SMILES string of the molecule is CC1(CNC2(CNC(=O)OC(C)(C)C)CCCC2)COC1. The van der Waals surface area contributed by atoms with Gasteiger partial charge >= 0.3 is 6.09 Å². The average molecular weight is 298 g/mol. The van der Waals surface area contributed by atoms with Crippen LogP contribution in [0.1, 0.15) is 53.4 Å². The zero-order valence-electron chi connectivity index (χ0n) is 13.9. The zero-order chi connectivity index (χ0) is 15.6. The summed E-state index contributed by atoms with van der Waals surface area (Å²) in [6.45, 7) is 11.1. The van der Waals surface area contributed by atoms with E-state index in [0.29, 0.717) is 6.54 Å². The molecule has 1 saturated heterocycles. The summed E-state index contributed by atoms with van der Waals surface area (Å²) in [4.78, 5) is 11.8. The molecule has 1 saturated carbocycles. The Bertz CT molecular complexity index is 366. The Balaban J connectivity index is 1.82. The first-order valence-electron chi connectivity index (χ1n) is 8.02. The van der Waals surface area contributed by atoms with Gasteiger partial charge in [-0.1, -0.05) is 19.8 Å². The van der Waals surface area contributed by atoms with Gasteiger partial charge in [-0.25, -0.2) is 4.79 Å². The van der Waals surface area contributed by atoms with Gasteiger partial charge in [-0.15, -0.1) is 0 Å². The van der Waals surface area contributed by atoms with Crippen molar-refractivity contribution in [3.63, 3.8) is 0 Å². The number of carbonyl (C=O) groups excluding carboxylic acids is 1. The molecule has 1 aliphatic heterocycles. The van der Waals surface area contributed by atoms with Crippen molar-refractivity contribution in [1.29, 1.82) is 0 Å². The largest absolute Gasteiger partial charge is 0.444 e. The van der Waals surface area contributed by atoms with Gasteiger partial charge in [0.2, 0.25) is 0 Å². The fourth-order valence-corrected chi connectivity index (χ4v) is 2.98. The third kappa shape index (κ3) is 4.85. The van der Waals surface area contributed by atoms with Gasteiger partial charge in [0, 0.05) is 24.0 Å². The van der Waals surface area contributed by atoms with Crippen molar-refractivity contribution in [3.8, 4) is 0 Å². The highest BCUT2D eigenvalue weighted by Crippen LogP contribution is 2.32. The van der Waals surface area contributed by atoms with Crippen LogP contribution < -0.4 is 10.6 Å². The van der Waals surface area contributed by atoms with E-state index in [-0.39, 0.29) is 17.0 Å². The smallest absolute Gasteiger partial charge is 0.407 e. The minimum atomic E-state index is -0.447. The van der Waals surface area contributed by atoms with Crippen LogP contribution in [0, 0.1) is 5.41 Å². The predicted octanol–water partition coefficient (Wildman–Crippen LogP) is 2.45. The highest BCUT2D eigenvalue weighted by Gasteiger charge is 2.39. The Morgan fingerprint density at radius 3 is 2.29 bits per heavy atom. The molecule has 1 amide bonds. The van der Waals surface area contributed by atoms with Crippen molar-refractivity contribution in [2.75, 3.05) is 26.3 Å². The molecule has 122 valence electrons. The lowest BCUT2D eigenvalue weighted by molar-refractivity contribution is -0.102. The fraction of sp³-hybridized carbons (Fsp3) is 0.938. The summed E-state index contributed by atoms with van der Waals surface area (Å²) in [5, 5.41) is 6.64. The van der Waals surface area contributed by atoms with Crippen molar-refractivity contribution in [1.82, 2.24) is 10.6 Å². The standard InChI is InChI=1S/C16H30N2O3/c1-14(2,3)21-13(19)17-10-16(7-5-6-8-16)18-9-15(4)11-20-12-15/h18H,5-12H2,1-4H3,(H,17,19). The Morgan fingerprint density at radius 1 is 1.19 bits per heavy atom. The van der Waals surface area contributed by atoms with Crippen molar-refractivity contribution in [2.24, 2.45) is 5.41 Å². The number of nitrogens with one attached hydrogen (secondary N) is 2. The summed E-state index contributed by atoms with van der Waals surface area (Å²) < 4.78 is 10.6. The summed E-state index contributed by atoms with van der Waals surface area (Å²) in [5.41, 5.74) is -0.173. The topological polar surface area (TPSA) is 59.6 Å². The third-order valence-corrected chi connectivity index (χ3v) is 4.32. The summed E-state index contributed by atoms with van der Waals surface area (Å²) in [7, 11) is 0. The number of alkyl carbamates (subject to hydrolysis) is 1. The van der Waals surface area contributed by atoms with E-state index < -0.39 is 5.60 Å². The first-order chi connectivity index (χ1) is 9.72. The highest BCUT2D eigenvalue weighted by atomic mass is 16.6. The maximum absolute atomic E-state index is 11.8. The van der Waals surface area contributed by atoms with E-state index in [1.165, 1.54) is 12.8 Å². The molecule has 5 nitrogen and oxygen atoms in total. The Labute approximate surface area is 128 Å². The lowest BCUT2D eigenvalue weighted by atomic mass is 9.86. The van der Waals surface area contributed by atoms with Gasteiger partial charge in [-0.3, -0.25) is 0 Å². The Morgan fingerprint density at radius 2 is 1.81 bits per heavy atom. The molecule has 2 N–H and O–H groups in total. The molecule has 21 heavy (non-hydrogen) atoms. The Kier molecular flexibility index (Phi) is 4.83. The number of hydrogen-bond donors (Lipinski definition) is 2. The van der Waals surface area contributed by atoms with Crippen LogP contribution in [0.25, 0.3) is 0 Å². The van der Waals surface area contributed by atoms with Crippen LogP contribution in [0.15, 0.2) is 0 Å². The second kappa shape index (κ2) is 6.13. The first-order valence-corrected chi connectivity index (χ1v) is 8.02. The van der Waals surface area contributed by atoms with Gasteiger partial charge in [-0.05, 0) is 33.6 Å². The minimum Gasteiger partial charge on any atom is -0.444 e. The van der Waals surface area contributed by atoms with E-state index in [9.17, 15) is 4.79 Å². The molecule has 0 radical (unpaired) electrons. The summed E-state index contributed by atoms with van der Waals surface area (Å²) in [5.74, 6) is 0. The van der Waals surface area contributed by atoms with Gasteiger partial charge in [0.1, 0.15) is 5.60 Å². The summed E-state index contributed by atoms with van der Waals surface area (Å²) in [6, 6.07) is 0. The van der Waals surface area contributed by atoms with E-state index in [0.717, 1.165) is 32.6 Å². The molecule has 2 fully saturated rings. The molecule has 0 aromatic rings. The normalized spacial score (nSPS) is 23.4. The number of carbonyl (C=O) groups is 1. The van der Waals surface area contributed by atoms with Crippen molar-refractivity contribution in [3.05, 3.63) is 0 Å². The fourth-order valence-electron chi connectivity index (χ4n) is 2.98. The van der Waals surface area contributed by atoms with E-state index in [1.54, 1.807) is 0 Å². The van der Waals surface area contributed by atoms with E-state index >= 15 is 0 Å². The van der Waals surface area contributed by atoms with Crippen LogP contribution in [0.3, 0.4) is 0 Å². The van der Waals surface area contributed by atoms with Crippen LogP contribution in [-0.4, -0.2) is 43.5 Å². The molecule has 0 aromatic heterocycles. The van der Waals surface area contributed by atoms with Gasteiger partial charge in [-0.2, -0.15) is 0 Å². The van der Waals surface area contributed by atoms with E-state index in [2.05, 4.69) is 17.6 Å². The summed E-state index contributed by atoms with van der Waals surface area (Å²) in [6.07, 6.45) is 4.33. The molecule has 2 aliphatic rings. The van der Waals surface area contributed by atoms with E-state index in [1.807, 2.05) is 20.8 Å². The second-order valence-electron chi connectivity index (χ2n) is 8.00. The second-order valence-corrected chi connectivity index (χ2v) is 8.00. The summed E-state index contributed by atoms with van der Waals surface area (Å²) >= 11 is 0. The van der Waals surface area contributed by atoms with Crippen molar-refractivity contribution >= 4 is 6.09 Å². The minimum absolute atomic E-state index is 0.0233. The molecule has 1 heterocycles. The van der Waals surface area contributed by atoms with Gasteiger partial charge < -0.3 is 20.1 Å². The van der Waals surface area contributed by atoms with Gasteiger partial charge in [0.15, 0.2) is 0 Å². The number of hydrogen-bond acceptors (Lipinski definition) is 4. The molecular weight excluding hydrogens is 268 g/mol. The third-order valence-electron chi connectivity index (χ3n) is 4.32. The average Bonchev–Trinajstić information content (AvgIpc) is 2.79. The maximum Gasteiger partial charge on any atom is 0.407 e.